The van der Waals surface area contributed by atoms with Crippen molar-refractivity contribution >= 4 is 35.1 Å². The van der Waals surface area contributed by atoms with Gasteiger partial charge in [-0.2, -0.15) is 0 Å². The summed E-state index contributed by atoms with van der Waals surface area (Å²) >= 11 is 5.81. The maximum Gasteiger partial charge on any atom is 0.326 e. The minimum atomic E-state index is -1.15. The Morgan fingerprint density at radius 1 is 1.08 bits per heavy atom. The molecule has 0 aliphatic carbocycles. The van der Waals surface area contributed by atoms with E-state index in [1.807, 2.05) is 0 Å². The highest BCUT2D eigenvalue weighted by atomic mass is 35.5. The zero-order valence-electron chi connectivity index (χ0n) is 13.5. The van der Waals surface area contributed by atoms with E-state index in [0.29, 0.717) is 10.7 Å². The summed E-state index contributed by atoms with van der Waals surface area (Å²) in [6.07, 6.45) is 0.112. The molecule has 3 N–H and O–H groups in total. The number of carbonyl (C=O) groups is 3. The molecule has 2 aromatic rings. The van der Waals surface area contributed by atoms with Gasteiger partial charge in [-0.05, 0) is 29.8 Å². The van der Waals surface area contributed by atoms with E-state index in [1.54, 1.807) is 42.5 Å². The summed E-state index contributed by atoms with van der Waals surface area (Å²) in [6, 6.07) is 12.0. The molecule has 0 radical (unpaired) electrons. The van der Waals surface area contributed by atoms with Crippen molar-refractivity contribution in [1.82, 2.24) is 5.32 Å². The van der Waals surface area contributed by atoms with Crippen molar-refractivity contribution in [1.29, 1.82) is 0 Å². The van der Waals surface area contributed by atoms with Gasteiger partial charge in [0.25, 0.3) is 5.91 Å². The predicted octanol–water partition coefficient (Wildman–Crippen LogP) is 2.72. The van der Waals surface area contributed by atoms with Gasteiger partial charge < -0.3 is 15.7 Å². The standard InChI is InChI=1S/C18H17ClN2O4/c1-11(22)20-15-5-3-2-4-14(15)17(23)21-16(18(24)25)10-12-6-8-13(19)9-7-12/h2-9,16H,10H2,1H3,(H,20,22)(H,21,23)(H,24,25)/t16-/m1/s1. The van der Waals surface area contributed by atoms with Crippen LogP contribution in [0.25, 0.3) is 0 Å². The van der Waals surface area contributed by atoms with Crippen LogP contribution in [0.2, 0.25) is 5.02 Å². The maximum atomic E-state index is 12.5. The Morgan fingerprint density at radius 2 is 1.72 bits per heavy atom. The Hall–Kier alpha value is -2.86. The first-order valence-corrected chi connectivity index (χ1v) is 7.89. The van der Waals surface area contributed by atoms with Crippen molar-refractivity contribution in [3.63, 3.8) is 0 Å². The van der Waals surface area contributed by atoms with Crippen LogP contribution in [0.1, 0.15) is 22.8 Å². The molecule has 0 aromatic heterocycles. The van der Waals surface area contributed by atoms with Gasteiger partial charge in [0.2, 0.25) is 5.91 Å². The van der Waals surface area contributed by atoms with Crippen LogP contribution in [0.3, 0.4) is 0 Å². The number of benzene rings is 2. The molecule has 0 unspecified atom stereocenters. The molecule has 25 heavy (non-hydrogen) atoms. The molecular formula is C18H17ClN2O4. The molecule has 6 nitrogen and oxygen atoms in total. The van der Waals surface area contributed by atoms with Crippen LogP contribution >= 0.6 is 11.6 Å². The number of carboxylic acid groups (broad SMARTS) is 1. The molecule has 0 heterocycles. The number of anilines is 1. The molecule has 1 atom stereocenters. The van der Waals surface area contributed by atoms with Crippen molar-refractivity contribution in [3.8, 4) is 0 Å². The van der Waals surface area contributed by atoms with Gasteiger partial charge in [0, 0.05) is 18.4 Å². The number of carbonyl (C=O) groups excluding carboxylic acids is 2. The zero-order valence-corrected chi connectivity index (χ0v) is 14.2. The number of nitrogens with one attached hydrogen (secondary N) is 2. The summed E-state index contributed by atoms with van der Waals surface area (Å²) < 4.78 is 0. The molecule has 2 rings (SSSR count). The fourth-order valence-corrected chi connectivity index (χ4v) is 2.40. The highest BCUT2D eigenvalue weighted by Crippen LogP contribution is 2.16. The van der Waals surface area contributed by atoms with Crippen molar-refractivity contribution in [3.05, 3.63) is 64.7 Å². The smallest absolute Gasteiger partial charge is 0.326 e. The van der Waals surface area contributed by atoms with E-state index >= 15 is 0 Å². The monoisotopic (exact) mass is 360 g/mol. The van der Waals surface area contributed by atoms with E-state index in [-0.39, 0.29) is 17.9 Å². The van der Waals surface area contributed by atoms with Gasteiger partial charge in [-0.3, -0.25) is 9.59 Å². The van der Waals surface area contributed by atoms with E-state index < -0.39 is 17.9 Å². The first-order valence-electron chi connectivity index (χ1n) is 7.51. The molecule has 0 fully saturated rings. The van der Waals surface area contributed by atoms with Crippen LogP contribution in [-0.2, 0) is 16.0 Å². The molecule has 7 heteroatoms. The average molecular weight is 361 g/mol. The first kappa shape index (κ1) is 18.5. The fourth-order valence-electron chi connectivity index (χ4n) is 2.27. The van der Waals surface area contributed by atoms with E-state index in [4.69, 9.17) is 11.6 Å². The number of rotatable bonds is 6. The SMILES string of the molecule is CC(=O)Nc1ccccc1C(=O)N[C@H](Cc1ccc(Cl)cc1)C(=O)O. The number of halogens is 1. The van der Waals surface area contributed by atoms with E-state index in [0.717, 1.165) is 5.56 Å². The molecule has 0 aliphatic heterocycles. The normalized spacial score (nSPS) is 11.4. The quantitative estimate of drug-likeness (QED) is 0.738. The molecule has 0 saturated carbocycles. The molecule has 130 valence electrons. The lowest BCUT2D eigenvalue weighted by Gasteiger charge is -2.16. The van der Waals surface area contributed by atoms with Crippen molar-refractivity contribution < 1.29 is 19.5 Å². The molecule has 2 aromatic carbocycles. The van der Waals surface area contributed by atoms with Gasteiger partial charge in [-0.15, -0.1) is 0 Å². The molecule has 0 saturated heterocycles. The number of aliphatic carboxylic acids is 1. The Kier molecular flexibility index (Phi) is 6.14. The van der Waals surface area contributed by atoms with Gasteiger partial charge in [-0.25, -0.2) is 4.79 Å². The number of amides is 2. The molecule has 0 aliphatic rings. The van der Waals surface area contributed by atoms with Crippen LogP contribution in [0.4, 0.5) is 5.69 Å². The lowest BCUT2D eigenvalue weighted by atomic mass is 10.0. The van der Waals surface area contributed by atoms with Gasteiger partial charge in [0.1, 0.15) is 6.04 Å². The fraction of sp³-hybridized carbons (Fsp3) is 0.167. The summed E-state index contributed by atoms with van der Waals surface area (Å²) in [5.41, 5.74) is 1.25. The number of carboxylic acids is 1. The van der Waals surface area contributed by atoms with Crippen LogP contribution in [-0.4, -0.2) is 28.9 Å². The third-order valence-corrected chi connectivity index (χ3v) is 3.69. The summed E-state index contributed by atoms with van der Waals surface area (Å²) in [7, 11) is 0. The van der Waals surface area contributed by atoms with Gasteiger partial charge in [0.05, 0.1) is 11.3 Å². The second-order valence-electron chi connectivity index (χ2n) is 5.42. The van der Waals surface area contributed by atoms with Crippen molar-refractivity contribution in [2.75, 3.05) is 5.32 Å². The van der Waals surface area contributed by atoms with Crippen LogP contribution in [0.15, 0.2) is 48.5 Å². The Balaban J connectivity index is 2.17. The van der Waals surface area contributed by atoms with Crippen LogP contribution in [0, 0.1) is 0 Å². The molecular weight excluding hydrogens is 344 g/mol. The summed E-state index contributed by atoms with van der Waals surface area (Å²) in [6.45, 7) is 1.33. The molecule has 0 spiro atoms. The van der Waals surface area contributed by atoms with Gasteiger partial charge >= 0.3 is 5.97 Å². The van der Waals surface area contributed by atoms with Crippen LogP contribution in [0.5, 0.6) is 0 Å². The summed E-state index contributed by atoms with van der Waals surface area (Å²) in [5, 5.41) is 15.0. The van der Waals surface area contributed by atoms with E-state index in [1.165, 1.54) is 13.0 Å². The van der Waals surface area contributed by atoms with E-state index in [2.05, 4.69) is 10.6 Å². The number of hydrogen-bond donors (Lipinski definition) is 3. The third kappa shape index (κ3) is 5.32. The highest BCUT2D eigenvalue weighted by Gasteiger charge is 2.22. The molecule has 2 amide bonds. The largest absolute Gasteiger partial charge is 0.480 e. The van der Waals surface area contributed by atoms with E-state index in [9.17, 15) is 19.5 Å². The second kappa shape index (κ2) is 8.30. The zero-order chi connectivity index (χ0) is 18.4. The van der Waals surface area contributed by atoms with Crippen molar-refractivity contribution in [2.45, 2.75) is 19.4 Å². The molecule has 0 bridgehead atoms. The summed E-state index contributed by atoms with van der Waals surface area (Å²) in [4.78, 5) is 35.2. The lowest BCUT2D eigenvalue weighted by Crippen LogP contribution is -2.42. The Morgan fingerprint density at radius 3 is 2.32 bits per heavy atom. The third-order valence-electron chi connectivity index (χ3n) is 3.44. The van der Waals surface area contributed by atoms with Gasteiger partial charge in [0.15, 0.2) is 0 Å². The van der Waals surface area contributed by atoms with Gasteiger partial charge in [-0.1, -0.05) is 35.9 Å². The van der Waals surface area contributed by atoms with Crippen molar-refractivity contribution in [2.24, 2.45) is 0 Å². The Bertz CT molecular complexity index is 790. The Labute approximate surface area is 149 Å². The lowest BCUT2D eigenvalue weighted by molar-refractivity contribution is -0.139. The minimum absolute atomic E-state index is 0.112. The second-order valence-corrected chi connectivity index (χ2v) is 5.86. The first-order chi connectivity index (χ1) is 11.9. The minimum Gasteiger partial charge on any atom is -0.480 e. The topological polar surface area (TPSA) is 95.5 Å². The average Bonchev–Trinajstić information content (AvgIpc) is 2.56. The maximum absolute atomic E-state index is 12.5. The van der Waals surface area contributed by atoms with Crippen LogP contribution < -0.4 is 10.6 Å². The highest BCUT2D eigenvalue weighted by molar-refractivity contribution is 6.30. The number of para-hydroxylation sites is 1. The number of hydrogen-bond acceptors (Lipinski definition) is 3. The predicted molar refractivity (Wildman–Crippen MR) is 94.8 cm³/mol. The summed E-state index contributed by atoms with van der Waals surface area (Å²) in [5.74, 6) is -2.05.